The van der Waals surface area contributed by atoms with Crippen molar-refractivity contribution < 1.29 is 9.13 Å². The molecular formula is C12H15FN2O. The molecule has 2 atom stereocenters. The van der Waals surface area contributed by atoms with Gasteiger partial charge in [0, 0.05) is 7.11 Å². The zero-order valence-corrected chi connectivity index (χ0v) is 9.19. The molecule has 0 aliphatic carbocycles. The largest absolute Gasteiger partial charge is 0.375 e. The Morgan fingerprint density at radius 1 is 1.44 bits per heavy atom. The molecule has 0 saturated carbocycles. The van der Waals surface area contributed by atoms with Gasteiger partial charge in [-0.25, -0.2) is 4.39 Å². The van der Waals surface area contributed by atoms with Crippen LogP contribution in [0.3, 0.4) is 0 Å². The monoisotopic (exact) mass is 222 g/mol. The molecule has 4 heteroatoms. The lowest BCUT2D eigenvalue weighted by Gasteiger charge is -2.20. The second kappa shape index (κ2) is 6.21. The summed E-state index contributed by atoms with van der Waals surface area (Å²) in [5.41, 5.74) is 7.36. The predicted octanol–water partition coefficient (Wildman–Crippen LogP) is 1.74. The van der Waals surface area contributed by atoms with Gasteiger partial charge in [-0.3, -0.25) is 0 Å². The third kappa shape index (κ3) is 3.02. The van der Waals surface area contributed by atoms with Gasteiger partial charge in [0.15, 0.2) is 0 Å². The molecule has 16 heavy (non-hydrogen) atoms. The topological polar surface area (TPSA) is 59.0 Å². The Hall–Kier alpha value is -1.44. The van der Waals surface area contributed by atoms with E-state index in [9.17, 15) is 4.39 Å². The van der Waals surface area contributed by atoms with Crippen LogP contribution in [0.15, 0.2) is 24.3 Å². The number of nitrogens with zero attached hydrogens (tertiary/aromatic N) is 1. The fraction of sp³-hybridized carbons (Fsp3) is 0.417. The molecule has 2 N–H and O–H groups in total. The van der Waals surface area contributed by atoms with E-state index in [1.807, 2.05) is 24.3 Å². The van der Waals surface area contributed by atoms with Gasteiger partial charge >= 0.3 is 0 Å². The van der Waals surface area contributed by atoms with Gasteiger partial charge < -0.3 is 10.5 Å². The van der Waals surface area contributed by atoms with E-state index in [1.54, 1.807) is 0 Å². The molecule has 1 aromatic carbocycles. The van der Waals surface area contributed by atoms with Crippen LogP contribution >= 0.6 is 0 Å². The second-order valence-electron chi connectivity index (χ2n) is 3.55. The van der Waals surface area contributed by atoms with Crippen LogP contribution in [0.2, 0.25) is 0 Å². The number of hydrogen-bond donors (Lipinski definition) is 1. The first kappa shape index (κ1) is 12.6. The fourth-order valence-corrected chi connectivity index (χ4v) is 1.56. The van der Waals surface area contributed by atoms with Crippen molar-refractivity contribution >= 4 is 0 Å². The molecule has 0 bridgehead atoms. The molecule has 0 aliphatic rings. The Morgan fingerprint density at radius 3 is 2.50 bits per heavy atom. The number of hydrogen-bond acceptors (Lipinski definition) is 3. The molecule has 0 heterocycles. The van der Waals surface area contributed by atoms with Crippen molar-refractivity contribution in [2.75, 3.05) is 13.8 Å². The lowest BCUT2D eigenvalue weighted by molar-refractivity contribution is 0.0720. The summed E-state index contributed by atoms with van der Waals surface area (Å²) in [6, 6.07) is 8.69. The first-order chi connectivity index (χ1) is 7.72. The van der Waals surface area contributed by atoms with Crippen LogP contribution in [0.25, 0.3) is 0 Å². The van der Waals surface area contributed by atoms with Crippen molar-refractivity contribution in [2.45, 2.75) is 18.6 Å². The smallest absolute Gasteiger partial charge is 0.107 e. The van der Waals surface area contributed by atoms with Gasteiger partial charge in [0.25, 0.3) is 0 Å². The number of methoxy groups -OCH3 is 1. The molecule has 2 unspecified atom stereocenters. The normalized spacial score (nSPS) is 14.1. The number of rotatable bonds is 5. The van der Waals surface area contributed by atoms with Crippen LogP contribution in [0.4, 0.5) is 4.39 Å². The number of benzene rings is 1. The summed E-state index contributed by atoms with van der Waals surface area (Å²) >= 11 is 0. The Balaban J connectivity index is 2.83. The molecule has 1 rings (SSSR count). The summed E-state index contributed by atoms with van der Waals surface area (Å²) in [6.45, 7) is -0.627. The van der Waals surface area contributed by atoms with Gasteiger partial charge in [-0.2, -0.15) is 5.26 Å². The van der Waals surface area contributed by atoms with E-state index < -0.39 is 18.8 Å². The van der Waals surface area contributed by atoms with Crippen molar-refractivity contribution in [3.8, 4) is 6.07 Å². The van der Waals surface area contributed by atoms with Crippen LogP contribution in [0.5, 0.6) is 0 Å². The van der Waals surface area contributed by atoms with E-state index in [0.29, 0.717) is 6.42 Å². The third-order valence-electron chi connectivity index (χ3n) is 2.41. The molecule has 0 amide bonds. The lowest BCUT2D eigenvalue weighted by Crippen LogP contribution is -2.31. The van der Waals surface area contributed by atoms with Crippen LogP contribution in [-0.4, -0.2) is 19.8 Å². The predicted molar refractivity (Wildman–Crippen MR) is 59.5 cm³/mol. The Bertz CT molecular complexity index is 358. The minimum atomic E-state index is -0.660. The molecular weight excluding hydrogens is 207 g/mol. The van der Waals surface area contributed by atoms with Gasteiger partial charge in [0.05, 0.1) is 24.6 Å². The summed E-state index contributed by atoms with van der Waals surface area (Å²) in [5.74, 6) is 0. The van der Waals surface area contributed by atoms with Crippen molar-refractivity contribution in [1.82, 2.24) is 0 Å². The van der Waals surface area contributed by atoms with E-state index in [4.69, 9.17) is 15.7 Å². The first-order valence-corrected chi connectivity index (χ1v) is 5.03. The van der Waals surface area contributed by atoms with E-state index in [0.717, 1.165) is 11.1 Å². The number of nitrogens with two attached hydrogens (primary N) is 1. The average Bonchev–Trinajstić information content (AvgIpc) is 2.32. The molecule has 1 aromatic rings. The highest BCUT2D eigenvalue weighted by atomic mass is 19.1. The Labute approximate surface area is 94.6 Å². The highest BCUT2D eigenvalue weighted by Gasteiger charge is 2.18. The molecule has 86 valence electrons. The minimum Gasteiger partial charge on any atom is -0.375 e. The first-order valence-electron chi connectivity index (χ1n) is 5.03. The molecule has 0 radical (unpaired) electrons. The van der Waals surface area contributed by atoms with Gasteiger partial charge in [0.2, 0.25) is 0 Å². The van der Waals surface area contributed by atoms with Gasteiger partial charge in [-0.15, -0.1) is 0 Å². The molecule has 0 fully saturated rings. The Kier molecular flexibility index (Phi) is 4.90. The number of alkyl halides is 1. The Morgan fingerprint density at radius 2 is 2.06 bits per heavy atom. The van der Waals surface area contributed by atoms with E-state index in [2.05, 4.69) is 6.07 Å². The van der Waals surface area contributed by atoms with Gasteiger partial charge in [-0.05, 0) is 11.1 Å². The molecule has 0 aliphatic heterocycles. The van der Waals surface area contributed by atoms with Crippen molar-refractivity contribution in [3.05, 3.63) is 35.4 Å². The number of ether oxygens (including phenoxy) is 1. The standard InChI is InChI=1S/C12H15FN2O/c1-16-12(11(15)8-13)10-4-2-9(3-5-10)6-7-14/h2-5,11-12H,6,8,15H2,1H3. The summed E-state index contributed by atoms with van der Waals surface area (Å²) < 4.78 is 17.6. The summed E-state index contributed by atoms with van der Waals surface area (Å²) in [4.78, 5) is 0. The number of nitriles is 1. The average molecular weight is 222 g/mol. The maximum atomic E-state index is 12.5. The lowest BCUT2D eigenvalue weighted by atomic mass is 10.0. The van der Waals surface area contributed by atoms with Crippen LogP contribution in [-0.2, 0) is 11.2 Å². The quantitative estimate of drug-likeness (QED) is 0.825. The van der Waals surface area contributed by atoms with E-state index in [1.165, 1.54) is 7.11 Å². The van der Waals surface area contributed by atoms with E-state index >= 15 is 0 Å². The highest BCUT2D eigenvalue weighted by Crippen LogP contribution is 2.20. The van der Waals surface area contributed by atoms with Crippen LogP contribution in [0.1, 0.15) is 17.2 Å². The minimum absolute atomic E-state index is 0.368. The maximum Gasteiger partial charge on any atom is 0.107 e. The summed E-state index contributed by atoms with van der Waals surface area (Å²) in [6.07, 6.45) is -0.0752. The molecule has 0 spiro atoms. The fourth-order valence-electron chi connectivity index (χ4n) is 1.56. The van der Waals surface area contributed by atoms with E-state index in [-0.39, 0.29) is 0 Å². The molecule has 0 saturated heterocycles. The zero-order chi connectivity index (χ0) is 12.0. The van der Waals surface area contributed by atoms with Gasteiger partial charge in [0.1, 0.15) is 6.67 Å². The highest BCUT2D eigenvalue weighted by molar-refractivity contribution is 5.26. The zero-order valence-electron chi connectivity index (χ0n) is 9.19. The van der Waals surface area contributed by atoms with Crippen LogP contribution < -0.4 is 5.73 Å². The number of halogens is 1. The van der Waals surface area contributed by atoms with Crippen molar-refractivity contribution in [2.24, 2.45) is 5.73 Å². The van der Waals surface area contributed by atoms with Crippen LogP contribution in [0, 0.1) is 11.3 Å². The van der Waals surface area contributed by atoms with Crippen molar-refractivity contribution in [1.29, 1.82) is 5.26 Å². The maximum absolute atomic E-state index is 12.5. The SMILES string of the molecule is COC(c1ccc(CC#N)cc1)C(N)CF. The second-order valence-corrected chi connectivity index (χ2v) is 3.55. The third-order valence-corrected chi connectivity index (χ3v) is 2.41. The van der Waals surface area contributed by atoms with Crippen molar-refractivity contribution in [3.63, 3.8) is 0 Å². The molecule has 3 nitrogen and oxygen atoms in total. The van der Waals surface area contributed by atoms with Gasteiger partial charge in [-0.1, -0.05) is 24.3 Å². The summed E-state index contributed by atoms with van der Waals surface area (Å²) in [5, 5.41) is 8.53. The molecule has 0 aromatic heterocycles. The summed E-state index contributed by atoms with van der Waals surface area (Å²) in [7, 11) is 1.50.